The molecule has 1 N–H and O–H groups in total. The lowest BCUT2D eigenvalue weighted by Crippen LogP contribution is -2.19. The first-order chi connectivity index (χ1) is 13.9. The minimum atomic E-state index is -0.345. The summed E-state index contributed by atoms with van der Waals surface area (Å²) in [6.07, 6.45) is 1.77. The highest BCUT2D eigenvalue weighted by Gasteiger charge is 2.24. The Bertz CT molecular complexity index is 1160. The van der Waals surface area contributed by atoms with Crippen LogP contribution in [-0.4, -0.2) is 15.6 Å². The van der Waals surface area contributed by atoms with Gasteiger partial charge < -0.3 is 9.88 Å². The number of nitrogens with one attached hydrogen (secondary N) is 1. The molecular weight excluding hydrogens is 392 g/mol. The molecule has 1 aromatic heterocycles. The maximum atomic E-state index is 14.3. The number of para-hydroxylation sites is 1. The van der Waals surface area contributed by atoms with E-state index in [0.29, 0.717) is 21.4 Å². The van der Waals surface area contributed by atoms with Gasteiger partial charge in [0.15, 0.2) is 5.17 Å². The number of hydrogen-bond acceptors (Lipinski definition) is 3. The minimum absolute atomic E-state index is 0.258. The summed E-state index contributed by atoms with van der Waals surface area (Å²) in [5.41, 5.74) is 3.54. The number of benzene rings is 2. The van der Waals surface area contributed by atoms with Gasteiger partial charge in [-0.1, -0.05) is 12.1 Å². The molecule has 4 nitrogen and oxygen atoms in total. The molecule has 1 saturated heterocycles. The van der Waals surface area contributed by atoms with Gasteiger partial charge in [-0.25, -0.2) is 13.8 Å². The van der Waals surface area contributed by atoms with E-state index in [1.54, 1.807) is 36.4 Å². The molecule has 0 atom stereocenters. The van der Waals surface area contributed by atoms with E-state index in [2.05, 4.69) is 10.3 Å². The Morgan fingerprint density at radius 2 is 1.79 bits per heavy atom. The number of halogens is 2. The van der Waals surface area contributed by atoms with Gasteiger partial charge in [-0.05, 0) is 79.7 Å². The number of aromatic nitrogens is 1. The third kappa shape index (κ3) is 3.86. The number of carbonyl (C=O) groups is 1. The normalized spacial score (nSPS) is 16.6. The van der Waals surface area contributed by atoms with Crippen LogP contribution in [-0.2, 0) is 4.79 Å². The average Bonchev–Trinajstić information content (AvgIpc) is 3.17. The lowest BCUT2D eigenvalue weighted by atomic mass is 10.2. The first kappa shape index (κ1) is 19.1. The molecule has 7 heteroatoms. The van der Waals surface area contributed by atoms with Gasteiger partial charge in [-0.15, -0.1) is 0 Å². The van der Waals surface area contributed by atoms with Crippen molar-refractivity contribution >= 4 is 34.6 Å². The lowest BCUT2D eigenvalue weighted by molar-refractivity contribution is -0.115. The molecule has 0 unspecified atom stereocenters. The third-order valence-electron chi connectivity index (χ3n) is 4.56. The zero-order valence-corrected chi connectivity index (χ0v) is 16.6. The lowest BCUT2D eigenvalue weighted by Gasteiger charge is -2.10. The highest BCUT2D eigenvalue weighted by molar-refractivity contribution is 8.18. The number of hydrogen-bond donors (Lipinski definition) is 1. The van der Waals surface area contributed by atoms with Crippen molar-refractivity contribution < 1.29 is 13.6 Å². The van der Waals surface area contributed by atoms with Crippen molar-refractivity contribution in [1.29, 1.82) is 0 Å². The van der Waals surface area contributed by atoms with Crippen LogP contribution in [0.2, 0.25) is 0 Å². The zero-order valence-electron chi connectivity index (χ0n) is 15.7. The first-order valence-electron chi connectivity index (χ1n) is 8.91. The second-order valence-electron chi connectivity index (χ2n) is 6.57. The number of aliphatic imine (C=N–C) groups is 1. The Morgan fingerprint density at radius 1 is 1.07 bits per heavy atom. The Balaban J connectivity index is 1.65. The van der Waals surface area contributed by atoms with Crippen LogP contribution in [0.4, 0.5) is 14.5 Å². The van der Waals surface area contributed by atoms with Gasteiger partial charge >= 0.3 is 0 Å². The van der Waals surface area contributed by atoms with E-state index in [9.17, 15) is 13.6 Å². The van der Waals surface area contributed by atoms with Gasteiger partial charge in [-0.2, -0.15) is 0 Å². The molecule has 3 aromatic rings. The van der Waals surface area contributed by atoms with E-state index < -0.39 is 0 Å². The van der Waals surface area contributed by atoms with Crippen molar-refractivity contribution in [1.82, 2.24) is 9.88 Å². The summed E-state index contributed by atoms with van der Waals surface area (Å²) in [7, 11) is 0. The SMILES string of the molecule is Cc1cc(/C=C2/SC(=Nc3ccc(F)cc3)NC2=O)c(C)n1-c1ccccc1F. The second-order valence-corrected chi connectivity index (χ2v) is 7.60. The Labute approximate surface area is 171 Å². The van der Waals surface area contributed by atoms with Crippen LogP contribution in [0.1, 0.15) is 17.0 Å². The summed E-state index contributed by atoms with van der Waals surface area (Å²) >= 11 is 1.21. The number of nitrogens with zero attached hydrogens (tertiary/aromatic N) is 2. The Kier molecular flexibility index (Phi) is 5.07. The van der Waals surface area contributed by atoms with E-state index in [-0.39, 0.29) is 17.5 Å². The zero-order chi connectivity index (χ0) is 20.5. The third-order valence-corrected chi connectivity index (χ3v) is 5.47. The van der Waals surface area contributed by atoms with Gasteiger partial charge in [0.2, 0.25) is 0 Å². The molecule has 0 radical (unpaired) electrons. The Hall–Kier alpha value is -3.19. The van der Waals surface area contributed by atoms with E-state index in [4.69, 9.17) is 0 Å². The van der Waals surface area contributed by atoms with Crippen LogP contribution in [0.25, 0.3) is 11.8 Å². The van der Waals surface area contributed by atoms with Crippen molar-refractivity contribution in [2.24, 2.45) is 4.99 Å². The summed E-state index contributed by atoms with van der Waals surface area (Å²) < 4.78 is 29.1. The summed E-state index contributed by atoms with van der Waals surface area (Å²) in [5.74, 6) is -0.912. The van der Waals surface area contributed by atoms with E-state index in [1.165, 1.54) is 30.0 Å². The molecule has 4 rings (SSSR count). The topological polar surface area (TPSA) is 46.4 Å². The van der Waals surface area contributed by atoms with E-state index in [1.807, 2.05) is 24.5 Å². The predicted octanol–water partition coefficient (Wildman–Crippen LogP) is 5.26. The molecule has 1 aliphatic rings. The largest absolute Gasteiger partial charge is 0.315 e. The van der Waals surface area contributed by atoms with E-state index >= 15 is 0 Å². The fraction of sp³-hybridized carbons (Fsp3) is 0.0909. The maximum absolute atomic E-state index is 14.3. The molecule has 2 aromatic carbocycles. The number of aryl methyl sites for hydroxylation is 1. The fourth-order valence-electron chi connectivity index (χ4n) is 3.19. The standard InChI is InChI=1S/C22H17F2N3OS/c1-13-11-15(14(2)27(13)19-6-4-3-5-18(19)24)12-20-21(28)26-22(29-20)25-17-9-7-16(23)8-10-17/h3-12H,1-2H3,(H,25,26,28)/b20-12+. The van der Waals surface area contributed by atoms with Crippen LogP contribution in [0.15, 0.2) is 64.5 Å². The van der Waals surface area contributed by atoms with Crippen molar-refractivity contribution in [2.75, 3.05) is 0 Å². The first-order valence-corrected chi connectivity index (χ1v) is 9.73. The van der Waals surface area contributed by atoms with Crippen LogP contribution < -0.4 is 5.32 Å². The molecule has 146 valence electrons. The number of carbonyl (C=O) groups excluding carboxylic acids is 1. The summed E-state index contributed by atoms with van der Waals surface area (Å²) in [6, 6.07) is 14.2. The molecule has 1 fully saturated rings. The summed E-state index contributed by atoms with van der Waals surface area (Å²) in [4.78, 5) is 17.2. The Morgan fingerprint density at radius 3 is 2.52 bits per heavy atom. The monoisotopic (exact) mass is 409 g/mol. The van der Waals surface area contributed by atoms with Crippen LogP contribution in [0, 0.1) is 25.5 Å². The second kappa shape index (κ2) is 7.67. The van der Waals surface area contributed by atoms with Gasteiger partial charge in [-0.3, -0.25) is 4.79 Å². The van der Waals surface area contributed by atoms with Crippen molar-refractivity contribution in [3.05, 3.63) is 88.1 Å². The van der Waals surface area contributed by atoms with Gasteiger partial charge in [0.05, 0.1) is 16.3 Å². The fourth-order valence-corrected chi connectivity index (χ4v) is 4.02. The molecule has 0 aliphatic carbocycles. The summed E-state index contributed by atoms with van der Waals surface area (Å²) in [6.45, 7) is 3.78. The van der Waals surface area contributed by atoms with E-state index in [0.717, 1.165) is 17.0 Å². The van der Waals surface area contributed by atoms with Crippen LogP contribution in [0.5, 0.6) is 0 Å². The van der Waals surface area contributed by atoms with Gasteiger partial charge in [0, 0.05) is 11.4 Å². The number of rotatable bonds is 3. The highest BCUT2D eigenvalue weighted by Crippen LogP contribution is 2.31. The van der Waals surface area contributed by atoms with Crippen LogP contribution in [0.3, 0.4) is 0 Å². The molecule has 0 bridgehead atoms. The predicted molar refractivity (Wildman–Crippen MR) is 112 cm³/mol. The smallest absolute Gasteiger partial charge is 0.264 e. The quantitative estimate of drug-likeness (QED) is 0.600. The number of amides is 1. The highest BCUT2D eigenvalue weighted by atomic mass is 32.2. The van der Waals surface area contributed by atoms with Crippen molar-refractivity contribution in [3.63, 3.8) is 0 Å². The molecule has 29 heavy (non-hydrogen) atoms. The molecule has 1 aliphatic heterocycles. The van der Waals surface area contributed by atoms with Crippen molar-refractivity contribution in [2.45, 2.75) is 13.8 Å². The molecule has 0 spiro atoms. The van der Waals surface area contributed by atoms with Crippen molar-refractivity contribution in [3.8, 4) is 5.69 Å². The van der Waals surface area contributed by atoms with Crippen LogP contribution >= 0.6 is 11.8 Å². The summed E-state index contributed by atoms with van der Waals surface area (Å²) in [5, 5.41) is 3.14. The molecule has 1 amide bonds. The average molecular weight is 409 g/mol. The molecular formula is C22H17F2N3OS. The maximum Gasteiger partial charge on any atom is 0.264 e. The van der Waals surface area contributed by atoms with Gasteiger partial charge in [0.25, 0.3) is 5.91 Å². The minimum Gasteiger partial charge on any atom is -0.315 e. The van der Waals surface area contributed by atoms with Gasteiger partial charge in [0.1, 0.15) is 11.6 Å². The molecule has 2 heterocycles. The number of amidine groups is 1. The number of thioether (sulfide) groups is 1. The molecule has 0 saturated carbocycles.